The van der Waals surface area contributed by atoms with Crippen molar-refractivity contribution in [2.24, 2.45) is 0 Å². The van der Waals surface area contributed by atoms with E-state index in [2.05, 4.69) is 23.2 Å². The summed E-state index contributed by atoms with van der Waals surface area (Å²) in [4.78, 5) is 29.8. The molecule has 0 spiro atoms. The molecule has 2 amide bonds. The topological polar surface area (TPSA) is 52.7 Å². The number of amides is 2. The van der Waals surface area contributed by atoms with Gasteiger partial charge in [-0.05, 0) is 56.9 Å². The third-order valence-electron chi connectivity index (χ3n) is 5.26. The molecule has 26 heavy (non-hydrogen) atoms. The van der Waals surface area contributed by atoms with Crippen LogP contribution in [0.3, 0.4) is 0 Å². The molecule has 2 heterocycles. The van der Waals surface area contributed by atoms with Crippen molar-refractivity contribution in [3.63, 3.8) is 0 Å². The van der Waals surface area contributed by atoms with Gasteiger partial charge in [0.25, 0.3) is 5.91 Å². The number of allylic oxidation sites excluding steroid dienone is 2. The zero-order chi connectivity index (χ0) is 18.4. The molecule has 1 N–H and O–H groups in total. The maximum atomic E-state index is 12.7. The molecule has 142 valence electrons. The third-order valence-corrected chi connectivity index (χ3v) is 6.13. The first-order chi connectivity index (χ1) is 12.7. The van der Waals surface area contributed by atoms with Crippen molar-refractivity contribution in [3.8, 4) is 0 Å². The molecule has 1 aromatic heterocycles. The Hall–Kier alpha value is -1.66. The Bertz CT molecular complexity index is 633. The molecule has 0 aromatic carbocycles. The number of nitrogens with zero attached hydrogens (tertiary/aromatic N) is 2. The number of hydrogen-bond donors (Lipinski definition) is 1. The van der Waals surface area contributed by atoms with E-state index in [0.29, 0.717) is 6.54 Å². The first kappa shape index (κ1) is 19.1. The van der Waals surface area contributed by atoms with E-state index in [1.54, 1.807) is 0 Å². The highest BCUT2D eigenvalue weighted by Crippen LogP contribution is 2.21. The highest BCUT2D eigenvalue weighted by atomic mass is 32.1. The quantitative estimate of drug-likeness (QED) is 0.830. The minimum atomic E-state index is 0.0240. The number of carbonyl (C=O) groups excluding carboxylic acids is 2. The van der Waals surface area contributed by atoms with Crippen LogP contribution in [0.5, 0.6) is 0 Å². The van der Waals surface area contributed by atoms with Crippen LogP contribution < -0.4 is 5.32 Å². The molecule has 0 atom stereocenters. The van der Waals surface area contributed by atoms with E-state index in [-0.39, 0.29) is 17.9 Å². The standard InChI is InChI=1S/C20H29N3O2S/c1-2-23(17-7-4-3-5-8-17)19(24)15-22-12-10-16(11-13-22)21-20(25)18-9-6-14-26-18/h6-7,9,14,16H,2-5,8,10-13,15H2,1H3,(H,21,25). The first-order valence-corrected chi connectivity index (χ1v) is 10.6. The van der Waals surface area contributed by atoms with Crippen molar-refractivity contribution in [2.75, 3.05) is 26.2 Å². The zero-order valence-corrected chi connectivity index (χ0v) is 16.4. The van der Waals surface area contributed by atoms with Crippen LogP contribution >= 0.6 is 11.3 Å². The van der Waals surface area contributed by atoms with E-state index in [4.69, 9.17) is 0 Å². The molecule has 6 heteroatoms. The van der Waals surface area contributed by atoms with E-state index in [1.165, 1.54) is 29.9 Å². The second kappa shape index (κ2) is 9.33. The second-order valence-corrected chi connectivity index (χ2v) is 8.03. The van der Waals surface area contributed by atoms with E-state index in [0.717, 1.165) is 50.2 Å². The van der Waals surface area contributed by atoms with Gasteiger partial charge in [-0.15, -0.1) is 11.3 Å². The average molecular weight is 376 g/mol. The lowest BCUT2D eigenvalue weighted by atomic mass is 10.0. The molecule has 0 saturated carbocycles. The van der Waals surface area contributed by atoms with Crippen molar-refractivity contribution in [1.82, 2.24) is 15.1 Å². The number of likely N-dealkylation sites (tertiary alicyclic amines) is 1. The Morgan fingerprint density at radius 3 is 2.73 bits per heavy atom. The van der Waals surface area contributed by atoms with Crippen molar-refractivity contribution in [2.45, 2.75) is 51.5 Å². The number of nitrogens with one attached hydrogen (secondary N) is 1. The molecule has 2 aliphatic rings. The summed E-state index contributed by atoms with van der Waals surface area (Å²) in [5, 5.41) is 5.04. The monoisotopic (exact) mass is 375 g/mol. The number of hydrogen-bond acceptors (Lipinski definition) is 4. The molecular formula is C20H29N3O2S. The first-order valence-electron chi connectivity index (χ1n) is 9.73. The fraction of sp³-hybridized carbons (Fsp3) is 0.600. The average Bonchev–Trinajstić information content (AvgIpc) is 3.20. The number of rotatable bonds is 6. The summed E-state index contributed by atoms with van der Waals surface area (Å²) in [5.41, 5.74) is 1.21. The summed E-state index contributed by atoms with van der Waals surface area (Å²) >= 11 is 1.47. The van der Waals surface area contributed by atoms with E-state index in [9.17, 15) is 9.59 Å². The summed E-state index contributed by atoms with van der Waals surface area (Å²) in [6.07, 6.45) is 8.57. The highest BCUT2D eigenvalue weighted by molar-refractivity contribution is 7.12. The molecule has 1 aliphatic heterocycles. The van der Waals surface area contributed by atoms with Gasteiger partial charge >= 0.3 is 0 Å². The van der Waals surface area contributed by atoms with Gasteiger partial charge in [-0.2, -0.15) is 0 Å². The normalized spacial score (nSPS) is 19.0. The Morgan fingerprint density at radius 1 is 1.31 bits per heavy atom. The van der Waals surface area contributed by atoms with Crippen LogP contribution in [0.4, 0.5) is 0 Å². The smallest absolute Gasteiger partial charge is 0.261 e. The largest absolute Gasteiger partial charge is 0.349 e. The second-order valence-electron chi connectivity index (χ2n) is 7.08. The molecule has 5 nitrogen and oxygen atoms in total. The van der Waals surface area contributed by atoms with Crippen LogP contribution in [0.15, 0.2) is 29.3 Å². The predicted molar refractivity (Wildman–Crippen MR) is 105 cm³/mol. The van der Waals surface area contributed by atoms with Crippen LogP contribution in [-0.4, -0.2) is 53.8 Å². The van der Waals surface area contributed by atoms with Crippen molar-refractivity contribution < 1.29 is 9.59 Å². The van der Waals surface area contributed by atoms with Crippen molar-refractivity contribution in [3.05, 3.63) is 34.2 Å². The Labute approximate surface area is 160 Å². The minimum absolute atomic E-state index is 0.0240. The van der Waals surface area contributed by atoms with E-state index < -0.39 is 0 Å². The molecule has 1 fully saturated rings. The molecule has 3 rings (SSSR count). The van der Waals surface area contributed by atoms with E-state index in [1.807, 2.05) is 22.4 Å². The molecule has 0 radical (unpaired) electrons. The molecule has 1 aliphatic carbocycles. The lowest BCUT2D eigenvalue weighted by Gasteiger charge is -2.34. The maximum Gasteiger partial charge on any atom is 0.261 e. The van der Waals surface area contributed by atoms with Crippen LogP contribution in [0.1, 0.15) is 55.1 Å². The van der Waals surface area contributed by atoms with Gasteiger partial charge in [-0.25, -0.2) is 0 Å². The van der Waals surface area contributed by atoms with Gasteiger partial charge in [0.15, 0.2) is 0 Å². The van der Waals surface area contributed by atoms with Crippen molar-refractivity contribution >= 4 is 23.2 Å². The third kappa shape index (κ3) is 4.95. The van der Waals surface area contributed by atoms with Crippen LogP contribution in [0, 0.1) is 0 Å². The zero-order valence-electron chi connectivity index (χ0n) is 15.6. The molecule has 0 bridgehead atoms. The molecule has 1 aromatic rings. The van der Waals surface area contributed by atoms with E-state index >= 15 is 0 Å². The van der Waals surface area contributed by atoms with Gasteiger partial charge in [0.05, 0.1) is 11.4 Å². The summed E-state index contributed by atoms with van der Waals surface area (Å²) in [5.74, 6) is 0.234. The minimum Gasteiger partial charge on any atom is -0.349 e. The number of thiophene rings is 1. The van der Waals surface area contributed by atoms with Crippen LogP contribution in [0.25, 0.3) is 0 Å². The number of piperidine rings is 1. The Kier molecular flexibility index (Phi) is 6.86. The van der Waals surface area contributed by atoms with Crippen LogP contribution in [0.2, 0.25) is 0 Å². The summed E-state index contributed by atoms with van der Waals surface area (Å²) < 4.78 is 0. The molecule has 0 unspecified atom stereocenters. The fourth-order valence-corrected chi connectivity index (χ4v) is 4.41. The lowest BCUT2D eigenvalue weighted by Crippen LogP contribution is -2.48. The number of carbonyl (C=O) groups is 2. The molecular weight excluding hydrogens is 346 g/mol. The van der Waals surface area contributed by atoms with Crippen LogP contribution in [-0.2, 0) is 4.79 Å². The number of likely N-dealkylation sites (N-methyl/N-ethyl adjacent to an activating group) is 1. The van der Waals surface area contributed by atoms with Gasteiger partial charge in [-0.3, -0.25) is 14.5 Å². The molecule has 1 saturated heterocycles. The SMILES string of the molecule is CCN(C(=O)CN1CCC(NC(=O)c2cccs2)CC1)C1=CCCCC1. The summed E-state index contributed by atoms with van der Waals surface area (Å²) in [6, 6.07) is 3.96. The van der Waals surface area contributed by atoms with Gasteiger partial charge in [0.1, 0.15) is 0 Å². The Morgan fingerprint density at radius 2 is 2.12 bits per heavy atom. The maximum absolute atomic E-state index is 12.7. The van der Waals surface area contributed by atoms with Gasteiger partial charge in [-0.1, -0.05) is 12.1 Å². The van der Waals surface area contributed by atoms with Gasteiger partial charge < -0.3 is 10.2 Å². The lowest BCUT2D eigenvalue weighted by molar-refractivity contribution is -0.130. The highest BCUT2D eigenvalue weighted by Gasteiger charge is 2.25. The van der Waals surface area contributed by atoms with Crippen molar-refractivity contribution in [1.29, 1.82) is 0 Å². The van der Waals surface area contributed by atoms with Gasteiger partial charge in [0.2, 0.25) is 5.91 Å². The van der Waals surface area contributed by atoms with Gasteiger partial charge in [0, 0.05) is 31.4 Å². The summed E-state index contributed by atoms with van der Waals surface area (Å²) in [6.45, 7) is 5.00. The fourth-order valence-electron chi connectivity index (χ4n) is 3.78. The Balaban J connectivity index is 1.45. The predicted octanol–water partition coefficient (Wildman–Crippen LogP) is 3.25. The summed E-state index contributed by atoms with van der Waals surface area (Å²) in [7, 11) is 0.